The molecule has 0 amide bonds. The first-order chi connectivity index (χ1) is 7.70. The summed E-state index contributed by atoms with van der Waals surface area (Å²) in [5, 5.41) is 12.8. The zero-order chi connectivity index (χ0) is 11.5. The zero-order valence-corrected chi connectivity index (χ0v) is 8.40. The summed E-state index contributed by atoms with van der Waals surface area (Å²) in [5.74, 6) is -1.29. The number of aromatic nitrogens is 2. The van der Waals surface area contributed by atoms with Gasteiger partial charge in [-0.25, -0.2) is 13.5 Å². The second-order valence-electron chi connectivity index (χ2n) is 3.32. The summed E-state index contributed by atoms with van der Waals surface area (Å²) in [7, 11) is 0. The summed E-state index contributed by atoms with van der Waals surface area (Å²) >= 11 is 0. The normalized spacial score (nSPS) is 10.7. The Morgan fingerprint density at radius 3 is 2.75 bits per heavy atom. The maximum atomic E-state index is 13.4. The highest BCUT2D eigenvalue weighted by Gasteiger charge is 2.07. The summed E-state index contributed by atoms with van der Waals surface area (Å²) in [4.78, 5) is 0. The lowest BCUT2D eigenvalue weighted by Crippen LogP contribution is -2.00. The number of hydrogen-bond acceptors (Lipinski definition) is 2. The molecule has 1 aromatic heterocycles. The molecule has 0 unspecified atom stereocenters. The summed E-state index contributed by atoms with van der Waals surface area (Å²) in [5.41, 5.74) is 0.844. The molecule has 84 valence electrons. The van der Waals surface area contributed by atoms with Crippen LogP contribution in [0.2, 0.25) is 0 Å². The Balaban J connectivity index is 2.35. The fourth-order valence-electron chi connectivity index (χ4n) is 1.41. The quantitative estimate of drug-likeness (QED) is 0.861. The lowest BCUT2D eigenvalue weighted by atomic mass is 10.3. The average molecular weight is 224 g/mol. The van der Waals surface area contributed by atoms with Gasteiger partial charge in [-0.05, 0) is 18.2 Å². The Labute approximate surface area is 91.0 Å². The van der Waals surface area contributed by atoms with E-state index in [-0.39, 0.29) is 12.3 Å². The molecule has 0 aliphatic rings. The summed E-state index contributed by atoms with van der Waals surface area (Å²) in [6.07, 6.45) is 1.98. The highest BCUT2D eigenvalue weighted by atomic mass is 19.1. The molecule has 2 aromatic rings. The largest absolute Gasteiger partial charge is 0.396 e. The van der Waals surface area contributed by atoms with E-state index in [2.05, 4.69) is 5.10 Å². The predicted octanol–water partition coefficient (Wildman–Crippen LogP) is 1.69. The minimum absolute atomic E-state index is 0.0110. The number of nitrogens with zero attached hydrogens (tertiary/aromatic N) is 2. The van der Waals surface area contributed by atoms with Gasteiger partial charge >= 0.3 is 0 Å². The Bertz CT molecular complexity index is 496. The van der Waals surface area contributed by atoms with E-state index in [0.29, 0.717) is 12.1 Å². The number of aliphatic hydroxyl groups excluding tert-OH is 1. The molecule has 1 aromatic carbocycles. The van der Waals surface area contributed by atoms with Crippen LogP contribution in [0.25, 0.3) is 5.69 Å². The molecule has 0 aliphatic carbocycles. The van der Waals surface area contributed by atoms with Gasteiger partial charge in [-0.3, -0.25) is 0 Å². The van der Waals surface area contributed by atoms with E-state index >= 15 is 0 Å². The monoisotopic (exact) mass is 224 g/mol. The van der Waals surface area contributed by atoms with Crippen molar-refractivity contribution in [3.8, 4) is 5.69 Å². The second-order valence-corrected chi connectivity index (χ2v) is 3.32. The van der Waals surface area contributed by atoms with E-state index < -0.39 is 11.6 Å². The van der Waals surface area contributed by atoms with Gasteiger partial charge in [-0.2, -0.15) is 5.10 Å². The van der Waals surface area contributed by atoms with Crippen molar-refractivity contribution in [3.63, 3.8) is 0 Å². The van der Waals surface area contributed by atoms with Crippen LogP contribution >= 0.6 is 0 Å². The van der Waals surface area contributed by atoms with Gasteiger partial charge in [0.15, 0.2) is 5.82 Å². The van der Waals surface area contributed by atoms with E-state index in [1.807, 2.05) is 0 Å². The number of aliphatic hydroxyl groups is 1. The third-order valence-corrected chi connectivity index (χ3v) is 2.17. The van der Waals surface area contributed by atoms with E-state index in [9.17, 15) is 8.78 Å². The van der Waals surface area contributed by atoms with Crippen molar-refractivity contribution in [2.24, 2.45) is 0 Å². The topological polar surface area (TPSA) is 38.0 Å². The van der Waals surface area contributed by atoms with Crippen LogP contribution < -0.4 is 0 Å². The lowest BCUT2D eigenvalue weighted by Gasteiger charge is -2.02. The minimum atomic E-state index is -0.668. The summed E-state index contributed by atoms with van der Waals surface area (Å²) < 4.78 is 27.4. The van der Waals surface area contributed by atoms with Crippen LogP contribution in [0.3, 0.4) is 0 Å². The number of hydrogen-bond donors (Lipinski definition) is 1. The molecule has 1 N–H and O–H groups in total. The molecular weight excluding hydrogens is 214 g/mol. The highest BCUT2D eigenvalue weighted by molar-refractivity contribution is 5.33. The van der Waals surface area contributed by atoms with Crippen molar-refractivity contribution in [1.29, 1.82) is 0 Å². The van der Waals surface area contributed by atoms with Crippen molar-refractivity contribution in [1.82, 2.24) is 9.78 Å². The fourth-order valence-corrected chi connectivity index (χ4v) is 1.41. The predicted molar refractivity (Wildman–Crippen MR) is 54.3 cm³/mol. The molecule has 0 bridgehead atoms. The van der Waals surface area contributed by atoms with Gasteiger partial charge in [0.05, 0.1) is 5.69 Å². The van der Waals surface area contributed by atoms with Gasteiger partial charge in [0.1, 0.15) is 11.5 Å². The maximum absolute atomic E-state index is 13.4. The Morgan fingerprint density at radius 2 is 2.06 bits per heavy atom. The Hall–Kier alpha value is -1.75. The van der Waals surface area contributed by atoms with Crippen molar-refractivity contribution in [2.45, 2.75) is 6.42 Å². The maximum Gasteiger partial charge on any atom is 0.151 e. The number of benzene rings is 1. The second kappa shape index (κ2) is 4.40. The smallest absolute Gasteiger partial charge is 0.151 e. The van der Waals surface area contributed by atoms with E-state index in [1.54, 1.807) is 12.3 Å². The first kappa shape index (κ1) is 10.8. The molecule has 0 atom stereocenters. The van der Waals surface area contributed by atoms with Crippen LogP contribution in [0.1, 0.15) is 5.69 Å². The molecule has 0 radical (unpaired) electrons. The molecule has 0 saturated heterocycles. The molecule has 5 heteroatoms. The standard InChI is InChI=1S/C11H10F2N2O/c12-8-1-2-11(10(13)7-8)15-5-3-9(14-15)4-6-16/h1-3,5,7,16H,4,6H2. The molecule has 1 heterocycles. The summed E-state index contributed by atoms with van der Waals surface area (Å²) in [6, 6.07) is 4.98. The fraction of sp³-hybridized carbons (Fsp3) is 0.182. The number of halogens is 2. The minimum Gasteiger partial charge on any atom is -0.396 e. The lowest BCUT2D eigenvalue weighted by molar-refractivity contribution is 0.298. The third-order valence-electron chi connectivity index (χ3n) is 2.17. The average Bonchev–Trinajstić information content (AvgIpc) is 2.67. The van der Waals surface area contributed by atoms with Crippen LogP contribution in [-0.2, 0) is 6.42 Å². The van der Waals surface area contributed by atoms with Crippen LogP contribution in [0.5, 0.6) is 0 Å². The zero-order valence-electron chi connectivity index (χ0n) is 8.40. The van der Waals surface area contributed by atoms with Crippen molar-refractivity contribution < 1.29 is 13.9 Å². The van der Waals surface area contributed by atoms with Crippen molar-refractivity contribution in [2.75, 3.05) is 6.61 Å². The molecule has 3 nitrogen and oxygen atoms in total. The Morgan fingerprint density at radius 1 is 1.25 bits per heavy atom. The van der Waals surface area contributed by atoms with Crippen LogP contribution in [0.4, 0.5) is 8.78 Å². The van der Waals surface area contributed by atoms with Gasteiger partial charge < -0.3 is 5.11 Å². The van der Waals surface area contributed by atoms with Crippen LogP contribution in [0.15, 0.2) is 30.5 Å². The molecule has 0 aliphatic heterocycles. The molecular formula is C11H10F2N2O. The van der Waals surface area contributed by atoms with Crippen molar-refractivity contribution in [3.05, 3.63) is 47.8 Å². The molecule has 2 rings (SSSR count). The first-order valence-corrected chi connectivity index (χ1v) is 4.81. The van der Waals surface area contributed by atoms with Crippen LogP contribution in [-0.4, -0.2) is 21.5 Å². The third kappa shape index (κ3) is 2.09. The van der Waals surface area contributed by atoms with E-state index in [1.165, 1.54) is 16.8 Å². The molecule has 16 heavy (non-hydrogen) atoms. The molecule has 0 fully saturated rings. The van der Waals surface area contributed by atoms with Gasteiger partial charge in [-0.1, -0.05) is 0 Å². The number of rotatable bonds is 3. The first-order valence-electron chi connectivity index (χ1n) is 4.81. The van der Waals surface area contributed by atoms with Gasteiger partial charge in [0.2, 0.25) is 0 Å². The van der Waals surface area contributed by atoms with Crippen molar-refractivity contribution >= 4 is 0 Å². The van der Waals surface area contributed by atoms with Crippen LogP contribution in [0, 0.1) is 11.6 Å². The highest BCUT2D eigenvalue weighted by Crippen LogP contribution is 2.14. The Kier molecular flexibility index (Phi) is 2.96. The molecule has 0 spiro atoms. The van der Waals surface area contributed by atoms with E-state index in [4.69, 9.17) is 5.11 Å². The van der Waals surface area contributed by atoms with Gasteiger partial charge in [0, 0.05) is 25.3 Å². The van der Waals surface area contributed by atoms with E-state index in [0.717, 1.165) is 6.07 Å². The molecule has 0 saturated carbocycles. The summed E-state index contributed by atoms with van der Waals surface area (Å²) in [6.45, 7) is -0.0110. The van der Waals surface area contributed by atoms with Gasteiger partial charge in [-0.15, -0.1) is 0 Å². The van der Waals surface area contributed by atoms with Gasteiger partial charge in [0.25, 0.3) is 0 Å². The SMILES string of the molecule is OCCc1ccn(-c2ccc(F)cc2F)n1.